The van der Waals surface area contributed by atoms with E-state index in [1.165, 1.54) is 0 Å². The van der Waals surface area contributed by atoms with Crippen LogP contribution < -0.4 is 0 Å². The number of morpholine rings is 1. The number of amidine groups is 1. The monoisotopic (exact) mass is 213 g/mol. The maximum Gasteiger partial charge on any atom is 0.106 e. The molecule has 2 N–H and O–H groups in total. The molecule has 0 spiro atoms. The van der Waals surface area contributed by atoms with E-state index in [4.69, 9.17) is 15.6 Å². The highest BCUT2D eigenvalue weighted by molar-refractivity contribution is 8.00. The van der Waals surface area contributed by atoms with Crippen molar-refractivity contribution in [1.82, 2.24) is 4.90 Å². The number of nitrogens with one attached hydrogen (secondary N) is 2. The molecule has 0 aromatic carbocycles. The fourth-order valence-corrected chi connectivity index (χ4v) is 2.89. The van der Waals surface area contributed by atoms with Gasteiger partial charge >= 0.3 is 0 Å². The first kappa shape index (κ1) is 9.98. The third-order valence-corrected chi connectivity index (χ3v) is 3.73. The van der Waals surface area contributed by atoms with E-state index < -0.39 is 0 Å². The topological polar surface area (TPSA) is 60.2 Å². The summed E-state index contributed by atoms with van der Waals surface area (Å²) in [5.74, 6) is 2.41. The Morgan fingerprint density at radius 3 is 2.71 bits per heavy atom. The van der Waals surface area contributed by atoms with Gasteiger partial charge in [0.15, 0.2) is 0 Å². The molecule has 2 aliphatic rings. The van der Waals surface area contributed by atoms with E-state index in [-0.39, 0.29) is 5.92 Å². The Morgan fingerprint density at radius 2 is 2.14 bits per heavy atom. The third kappa shape index (κ3) is 1.93. The molecule has 0 aromatic rings. The highest BCUT2D eigenvalue weighted by atomic mass is 32.2. The molecule has 78 valence electrons. The first-order chi connectivity index (χ1) is 6.79. The average molecular weight is 213 g/mol. The molecule has 4 nitrogen and oxygen atoms in total. The molecule has 1 atom stereocenters. The molecule has 0 aliphatic carbocycles. The van der Waals surface area contributed by atoms with E-state index >= 15 is 0 Å². The van der Waals surface area contributed by atoms with E-state index in [2.05, 4.69) is 4.90 Å². The van der Waals surface area contributed by atoms with E-state index in [1.807, 2.05) is 0 Å². The Morgan fingerprint density at radius 1 is 1.43 bits per heavy atom. The van der Waals surface area contributed by atoms with Gasteiger partial charge in [0.25, 0.3) is 0 Å². The summed E-state index contributed by atoms with van der Waals surface area (Å²) in [4.78, 5) is 2.05. The number of hydrogen-bond donors (Lipinski definition) is 2. The Labute approximate surface area is 88.0 Å². The Bertz CT molecular complexity index is 250. The first-order valence-corrected chi connectivity index (χ1v) is 6.00. The minimum atomic E-state index is 0.0677. The van der Waals surface area contributed by atoms with Gasteiger partial charge in [-0.15, -0.1) is 0 Å². The lowest BCUT2D eigenvalue weighted by Crippen LogP contribution is -2.44. The van der Waals surface area contributed by atoms with Crippen LogP contribution in [0.3, 0.4) is 0 Å². The molecular formula is C9H15N3OS. The lowest BCUT2D eigenvalue weighted by atomic mass is 10.0. The van der Waals surface area contributed by atoms with Gasteiger partial charge in [-0.2, -0.15) is 11.8 Å². The van der Waals surface area contributed by atoms with Gasteiger partial charge in [0, 0.05) is 30.3 Å². The summed E-state index contributed by atoms with van der Waals surface area (Å²) < 4.78 is 5.24. The molecule has 1 unspecified atom stereocenters. The Balaban J connectivity index is 1.96. The SMILES string of the molecule is N=C1CSCC1C(=N)N1CCOCC1. The molecule has 0 radical (unpaired) electrons. The zero-order chi connectivity index (χ0) is 9.97. The normalized spacial score (nSPS) is 28.1. The second kappa shape index (κ2) is 4.31. The first-order valence-electron chi connectivity index (χ1n) is 4.85. The van der Waals surface area contributed by atoms with Gasteiger partial charge in [-0.25, -0.2) is 0 Å². The second-order valence-electron chi connectivity index (χ2n) is 3.58. The smallest absolute Gasteiger partial charge is 0.106 e. The van der Waals surface area contributed by atoms with Gasteiger partial charge in [0.2, 0.25) is 0 Å². The van der Waals surface area contributed by atoms with E-state index in [1.54, 1.807) is 11.8 Å². The maximum atomic E-state index is 8.03. The number of nitrogens with zero attached hydrogens (tertiary/aromatic N) is 1. The fourth-order valence-electron chi connectivity index (χ4n) is 1.76. The summed E-state index contributed by atoms with van der Waals surface area (Å²) >= 11 is 1.76. The van der Waals surface area contributed by atoms with Crippen molar-refractivity contribution in [3.8, 4) is 0 Å². The van der Waals surface area contributed by atoms with Crippen molar-refractivity contribution in [2.75, 3.05) is 37.8 Å². The summed E-state index contributed by atoms with van der Waals surface area (Å²) in [6.45, 7) is 3.06. The van der Waals surface area contributed by atoms with Crippen LogP contribution in [0.25, 0.3) is 0 Å². The number of hydrogen-bond acceptors (Lipinski definition) is 4. The molecule has 2 saturated heterocycles. The van der Waals surface area contributed by atoms with Crippen LogP contribution in [0.4, 0.5) is 0 Å². The quantitative estimate of drug-likeness (QED) is 0.497. The van der Waals surface area contributed by atoms with Crippen LogP contribution >= 0.6 is 11.8 Å². The van der Waals surface area contributed by atoms with E-state index in [9.17, 15) is 0 Å². The molecule has 0 bridgehead atoms. The van der Waals surface area contributed by atoms with Gasteiger partial charge < -0.3 is 15.0 Å². The summed E-state index contributed by atoms with van der Waals surface area (Å²) in [5.41, 5.74) is 0.714. The van der Waals surface area contributed by atoms with Crippen molar-refractivity contribution in [2.24, 2.45) is 5.92 Å². The van der Waals surface area contributed by atoms with Gasteiger partial charge in [-0.3, -0.25) is 5.41 Å². The third-order valence-electron chi connectivity index (χ3n) is 2.64. The molecule has 2 fully saturated rings. The van der Waals surface area contributed by atoms with Gasteiger partial charge in [0.1, 0.15) is 5.84 Å². The minimum absolute atomic E-state index is 0.0677. The molecular weight excluding hydrogens is 198 g/mol. The summed E-state index contributed by atoms with van der Waals surface area (Å²) in [6, 6.07) is 0. The average Bonchev–Trinajstić information content (AvgIpc) is 2.65. The summed E-state index contributed by atoms with van der Waals surface area (Å²) in [6.07, 6.45) is 0. The molecule has 2 heterocycles. The lowest BCUT2D eigenvalue weighted by Gasteiger charge is -2.31. The molecule has 0 amide bonds. The number of ether oxygens (including phenoxy) is 1. The minimum Gasteiger partial charge on any atom is -0.378 e. The number of rotatable bonds is 1. The van der Waals surface area contributed by atoms with Gasteiger partial charge in [-0.05, 0) is 0 Å². The van der Waals surface area contributed by atoms with Crippen molar-refractivity contribution >= 4 is 23.3 Å². The second-order valence-corrected chi connectivity index (χ2v) is 4.61. The number of thioether (sulfide) groups is 1. The standard InChI is InChI=1S/C9H15N3OS/c10-8-6-14-5-7(8)9(11)12-1-3-13-4-2-12/h7,10-11H,1-6H2. The fraction of sp³-hybridized carbons (Fsp3) is 0.778. The highest BCUT2D eigenvalue weighted by Crippen LogP contribution is 2.23. The van der Waals surface area contributed by atoms with Gasteiger partial charge in [0.05, 0.1) is 19.1 Å². The van der Waals surface area contributed by atoms with E-state index in [0.29, 0.717) is 11.5 Å². The van der Waals surface area contributed by atoms with E-state index in [0.717, 1.165) is 37.8 Å². The van der Waals surface area contributed by atoms with Crippen LogP contribution in [-0.4, -0.2) is 54.3 Å². The van der Waals surface area contributed by atoms with Crippen molar-refractivity contribution in [3.63, 3.8) is 0 Å². The predicted molar refractivity (Wildman–Crippen MR) is 58.7 cm³/mol. The Kier molecular flexibility index (Phi) is 3.08. The van der Waals surface area contributed by atoms with Crippen LogP contribution in [0.15, 0.2) is 0 Å². The zero-order valence-electron chi connectivity index (χ0n) is 8.08. The summed E-state index contributed by atoms with van der Waals surface area (Å²) in [5, 5.41) is 15.8. The van der Waals surface area contributed by atoms with Crippen LogP contribution in [0.1, 0.15) is 0 Å². The van der Waals surface area contributed by atoms with Gasteiger partial charge in [-0.1, -0.05) is 0 Å². The van der Waals surface area contributed by atoms with Crippen LogP contribution in [-0.2, 0) is 4.74 Å². The lowest BCUT2D eigenvalue weighted by molar-refractivity contribution is 0.0664. The molecule has 14 heavy (non-hydrogen) atoms. The van der Waals surface area contributed by atoms with Crippen molar-refractivity contribution in [1.29, 1.82) is 10.8 Å². The van der Waals surface area contributed by atoms with Crippen molar-refractivity contribution in [3.05, 3.63) is 0 Å². The summed E-state index contributed by atoms with van der Waals surface area (Å²) in [7, 11) is 0. The molecule has 0 saturated carbocycles. The van der Waals surface area contributed by atoms with Crippen molar-refractivity contribution in [2.45, 2.75) is 0 Å². The van der Waals surface area contributed by atoms with Crippen molar-refractivity contribution < 1.29 is 4.74 Å². The molecule has 0 aromatic heterocycles. The molecule has 5 heteroatoms. The van der Waals surface area contributed by atoms with Crippen LogP contribution in [0.5, 0.6) is 0 Å². The van der Waals surface area contributed by atoms with Crippen LogP contribution in [0, 0.1) is 16.7 Å². The predicted octanol–water partition coefficient (Wildman–Crippen LogP) is 0.679. The zero-order valence-corrected chi connectivity index (χ0v) is 8.90. The molecule has 2 rings (SSSR count). The maximum absolute atomic E-state index is 8.03. The largest absolute Gasteiger partial charge is 0.378 e. The highest BCUT2D eigenvalue weighted by Gasteiger charge is 2.29. The van der Waals surface area contributed by atoms with Crippen LogP contribution in [0.2, 0.25) is 0 Å². The molecule has 2 aliphatic heterocycles. The Hall–Kier alpha value is -0.550.